The molecule has 2 atom stereocenters. The normalized spacial score (nSPS) is 41.5. The van der Waals surface area contributed by atoms with Crippen molar-refractivity contribution in [3.63, 3.8) is 0 Å². The Morgan fingerprint density at radius 1 is 1.62 bits per heavy atom. The predicted octanol–water partition coefficient (Wildman–Crippen LogP) is 1.51. The molecule has 0 aromatic carbocycles. The van der Waals surface area contributed by atoms with Gasteiger partial charge in [-0.1, -0.05) is 13.8 Å². The average molecular weight is 184 g/mol. The number of carbonyl (C=O) groups excluding carboxylic acids is 1. The van der Waals surface area contributed by atoms with Gasteiger partial charge in [0.2, 0.25) is 5.79 Å². The Hall–Kier alpha value is -0.410. The molecule has 3 heteroatoms. The summed E-state index contributed by atoms with van der Waals surface area (Å²) >= 11 is 0. The first-order valence-corrected chi connectivity index (χ1v) is 4.84. The molecule has 2 aliphatic rings. The molecular formula is C10H16O3. The predicted molar refractivity (Wildman–Crippen MR) is 47.3 cm³/mol. The minimum Gasteiger partial charge on any atom is -0.347 e. The number of hydrogen-bond acceptors (Lipinski definition) is 3. The van der Waals surface area contributed by atoms with Gasteiger partial charge in [0.25, 0.3) is 0 Å². The summed E-state index contributed by atoms with van der Waals surface area (Å²) in [5, 5.41) is 0. The van der Waals surface area contributed by atoms with Gasteiger partial charge in [-0.25, -0.2) is 0 Å². The first kappa shape index (κ1) is 9.16. The highest BCUT2D eigenvalue weighted by molar-refractivity contribution is 5.88. The van der Waals surface area contributed by atoms with E-state index in [9.17, 15) is 4.79 Å². The molecule has 0 aromatic heterocycles. The van der Waals surface area contributed by atoms with E-state index < -0.39 is 5.79 Å². The third kappa shape index (κ3) is 1.40. The molecule has 0 spiro atoms. The van der Waals surface area contributed by atoms with Gasteiger partial charge in [0.1, 0.15) is 0 Å². The highest BCUT2D eigenvalue weighted by Gasteiger charge is 2.66. The minimum atomic E-state index is -0.548. The van der Waals surface area contributed by atoms with Gasteiger partial charge < -0.3 is 9.47 Å². The van der Waals surface area contributed by atoms with Gasteiger partial charge in [-0.2, -0.15) is 0 Å². The van der Waals surface area contributed by atoms with Gasteiger partial charge in [-0.3, -0.25) is 4.79 Å². The second kappa shape index (κ2) is 2.55. The Bertz CT molecular complexity index is 247. The second-order valence-electron chi connectivity index (χ2n) is 4.73. The van der Waals surface area contributed by atoms with Crippen LogP contribution in [-0.2, 0) is 14.3 Å². The molecule has 1 saturated carbocycles. The lowest BCUT2D eigenvalue weighted by Gasteiger charge is -2.30. The van der Waals surface area contributed by atoms with Crippen molar-refractivity contribution in [3.8, 4) is 0 Å². The van der Waals surface area contributed by atoms with E-state index in [-0.39, 0.29) is 17.3 Å². The van der Waals surface area contributed by atoms with Crippen LogP contribution in [0.25, 0.3) is 0 Å². The fraction of sp³-hybridized carbons (Fsp3) is 0.900. The summed E-state index contributed by atoms with van der Waals surface area (Å²) in [5.41, 5.74) is 0.0270. The van der Waals surface area contributed by atoms with Gasteiger partial charge in [0.15, 0.2) is 11.9 Å². The van der Waals surface area contributed by atoms with E-state index in [0.717, 1.165) is 6.42 Å². The van der Waals surface area contributed by atoms with Crippen molar-refractivity contribution in [2.75, 3.05) is 6.61 Å². The van der Waals surface area contributed by atoms with Crippen molar-refractivity contribution < 1.29 is 14.3 Å². The number of ether oxygens (including phenoxy) is 2. The summed E-state index contributed by atoms with van der Waals surface area (Å²) in [6.45, 7) is 6.71. The van der Waals surface area contributed by atoms with Gasteiger partial charge in [-0.05, 0) is 12.3 Å². The topological polar surface area (TPSA) is 38.8 Å². The number of Topliss-reactive ketones (excluding diaryl/α,β-unsaturated/α-hetero) is 1. The van der Waals surface area contributed by atoms with Crippen LogP contribution in [0.5, 0.6) is 0 Å². The second-order valence-corrected chi connectivity index (χ2v) is 4.73. The molecule has 1 aliphatic carbocycles. The van der Waals surface area contributed by atoms with Crippen molar-refractivity contribution in [1.82, 2.24) is 0 Å². The van der Waals surface area contributed by atoms with Crippen LogP contribution in [0.4, 0.5) is 0 Å². The maximum atomic E-state index is 11.5. The zero-order valence-corrected chi connectivity index (χ0v) is 8.42. The number of ketones is 1. The van der Waals surface area contributed by atoms with Crippen LogP contribution in [0.2, 0.25) is 0 Å². The van der Waals surface area contributed by atoms with Gasteiger partial charge in [0, 0.05) is 19.4 Å². The van der Waals surface area contributed by atoms with Crippen molar-refractivity contribution in [3.05, 3.63) is 0 Å². The molecule has 2 unspecified atom stereocenters. The summed E-state index contributed by atoms with van der Waals surface area (Å²) in [5.74, 6) is -0.349. The van der Waals surface area contributed by atoms with Crippen LogP contribution in [-0.4, -0.2) is 24.3 Å². The maximum Gasteiger partial charge on any atom is 0.203 e. The Labute approximate surface area is 78.4 Å². The monoisotopic (exact) mass is 184 g/mol. The molecule has 2 fully saturated rings. The highest BCUT2D eigenvalue weighted by Crippen LogP contribution is 2.53. The molecule has 0 amide bonds. The summed E-state index contributed by atoms with van der Waals surface area (Å²) in [6.07, 6.45) is 1.19. The Balaban J connectivity index is 2.14. The molecule has 0 N–H and O–H groups in total. The Morgan fingerprint density at radius 2 is 2.31 bits per heavy atom. The zero-order chi connectivity index (χ0) is 9.69. The van der Waals surface area contributed by atoms with E-state index in [4.69, 9.17) is 9.47 Å². The quantitative estimate of drug-likeness (QED) is 0.610. The van der Waals surface area contributed by atoms with E-state index in [2.05, 4.69) is 13.8 Å². The van der Waals surface area contributed by atoms with Gasteiger partial charge in [0.05, 0.1) is 0 Å². The Morgan fingerprint density at radius 3 is 2.92 bits per heavy atom. The fourth-order valence-electron chi connectivity index (χ4n) is 2.31. The number of fused-ring (bicyclic) bond motifs is 1. The zero-order valence-electron chi connectivity index (χ0n) is 8.42. The first-order chi connectivity index (χ1) is 5.99. The van der Waals surface area contributed by atoms with Crippen LogP contribution in [0.3, 0.4) is 0 Å². The van der Waals surface area contributed by atoms with Crippen LogP contribution < -0.4 is 0 Å². The molecule has 1 saturated heterocycles. The van der Waals surface area contributed by atoms with Gasteiger partial charge in [-0.15, -0.1) is 0 Å². The number of carbonyl (C=O) groups is 1. The summed E-state index contributed by atoms with van der Waals surface area (Å²) in [7, 11) is 0. The van der Waals surface area contributed by atoms with Crippen molar-refractivity contribution in [2.24, 2.45) is 5.41 Å². The van der Waals surface area contributed by atoms with E-state index in [1.165, 1.54) is 0 Å². The molecule has 2 rings (SSSR count). The molecule has 0 radical (unpaired) electrons. The largest absolute Gasteiger partial charge is 0.347 e. The molecule has 0 aromatic rings. The SMILES string of the molecule is CCOC12CC(C)(C)CC(=O)C1O2. The summed E-state index contributed by atoms with van der Waals surface area (Å²) in [4.78, 5) is 11.5. The lowest BCUT2D eigenvalue weighted by Crippen LogP contribution is -2.38. The molecule has 3 nitrogen and oxygen atoms in total. The van der Waals surface area contributed by atoms with E-state index in [1.54, 1.807) is 0 Å². The molecule has 1 aliphatic heterocycles. The number of hydrogen-bond donors (Lipinski definition) is 0. The highest BCUT2D eigenvalue weighted by atomic mass is 16.8. The third-order valence-corrected chi connectivity index (χ3v) is 2.72. The van der Waals surface area contributed by atoms with E-state index in [0.29, 0.717) is 13.0 Å². The lowest BCUT2D eigenvalue weighted by atomic mass is 9.75. The van der Waals surface area contributed by atoms with Crippen molar-refractivity contribution in [2.45, 2.75) is 45.5 Å². The van der Waals surface area contributed by atoms with Crippen LogP contribution in [0.15, 0.2) is 0 Å². The molecular weight excluding hydrogens is 168 g/mol. The molecule has 13 heavy (non-hydrogen) atoms. The molecule has 74 valence electrons. The van der Waals surface area contributed by atoms with Crippen LogP contribution >= 0.6 is 0 Å². The fourth-order valence-corrected chi connectivity index (χ4v) is 2.31. The molecule has 0 bridgehead atoms. The van der Waals surface area contributed by atoms with Crippen LogP contribution in [0.1, 0.15) is 33.6 Å². The third-order valence-electron chi connectivity index (χ3n) is 2.72. The van der Waals surface area contributed by atoms with Crippen molar-refractivity contribution >= 4 is 5.78 Å². The average Bonchev–Trinajstić information content (AvgIpc) is 2.60. The smallest absolute Gasteiger partial charge is 0.203 e. The summed E-state index contributed by atoms with van der Waals surface area (Å²) < 4.78 is 10.9. The standard InChI is InChI=1S/C10H16O3/c1-4-12-10-6-9(2,3)5-7(11)8(10)13-10/h8H,4-6H2,1-3H3. The first-order valence-electron chi connectivity index (χ1n) is 4.84. The summed E-state index contributed by atoms with van der Waals surface area (Å²) in [6, 6.07) is 0. The Kier molecular flexibility index (Phi) is 1.79. The number of rotatable bonds is 2. The number of epoxide rings is 1. The lowest BCUT2D eigenvalue weighted by molar-refractivity contribution is -0.126. The molecule has 1 heterocycles. The maximum absolute atomic E-state index is 11.5. The van der Waals surface area contributed by atoms with E-state index in [1.807, 2.05) is 6.92 Å². The van der Waals surface area contributed by atoms with Crippen molar-refractivity contribution in [1.29, 1.82) is 0 Å². The van der Waals surface area contributed by atoms with E-state index >= 15 is 0 Å². The minimum absolute atomic E-state index is 0.0270. The van der Waals surface area contributed by atoms with Gasteiger partial charge >= 0.3 is 0 Å². The van der Waals surface area contributed by atoms with Crippen LogP contribution in [0, 0.1) is 5.41 Å².